The first kappa shape index (κ1) is 14.7. The van der Waals surface area contributed by atoms with Gasteiger partial charge in [-0.05, 0) is 42.3 Å². The van der Waals surface area contributed by atoms with E-state index in [0.29, 0.717) is 16.9 Å². The molecule has 0 aromatic heterocycles. The molecule has 0 saturated heterocycles. The van der Waals surface area contributed by atoms with Crippen LogP contribution in [0.5, 0.6) is 5.75 Å². The molecule has 0 unspecified atom stereocenters. The van der Waals surface area contributed by atoms with Crippen molar-refractivity contribution in [3.63, 3.8) is 0 Å². The second kappa shape index (κ2) is 6.18. The Labute approximate surface area is 125 Å². The van der Waals surface area contributed by atoms with E-state index in [1.807, 2.05) is 13.0 Å². The number of hydrogen-bond donors (Lipinski definition) is 0. The summed E-state index contributed by atoms with van der Waals surface area (Å²) < 4.78 is 19.2. The number of carbonyl (C=O) groups excluding carboxylic acids is 1. The molecule has 4 heteroatoms. The number of methoxy groups -OCH3 is 1. The monoisotopic (exact) mass is 336 g/mol. The van der Waals surface area contributed by atoms with Crippen LogP contribution in [0.25, 0.3) is 0 Å². The van der Waals surface area contributed by atoms with Gasteiger partial charge in [0.2, 0.25) is 0 Å². The van der Waals surface area contributed by atoms with Crippen molar-refractivity contribution in [3.05, 3.63) is 63.4 Å². The molecule has 2 nitrogen and oxygen atoms in total. The molecule has 0 aliphatic heterocycles. The summed E-state index contributed by atoms with van der Waals surface area (Å²) in [7, 11) is 1.57. The van der Waals surface area contributed by atoms with Crippen LogP contribution in [-0.2, 0) is 6.42 Å². The van der Waals surface area contributed by atoms with E-state index in [9.17, 15) is 9.18 Å². The molecule has 0 bridgehead atoms. The summed E-state index contributed by atoms with van der Waals surface area (Å²) in [5, 5.41) is 0. The molecule has 0 saturated carbocycles. The molecule has 0 spiro atoms. The molecule has 2 aromatic rings. The largest absolute Gasteiger partial charge is 0.496 e. The van der Waals surface area contributed by atoms with Gasteiger partial charge in [0, 0.05) is 16.5 Å². The molecule has 0 fully saturated rings. The average Bonchev–Trinajstić information content (AvgIpc) is 2.43. The van der Waals surface area contributed by atoms with Gasteiger partial charge in [-0.3, -0.25) is 4.79 Å². The summed E-state index contributed by atoms with van der Waals surface area (Å²) in [4.78, 5) is 12.3. The van der Waals surface area contributed by atoms with Crippen LogP contribution in [0, 0.1) is 12.7 Å². The molecule has 0 aliphatic rings. The zero-order valence-electron chi connectivity index (χ0n) is 11.2. The fraction of sp³-hybridized carbons (Fsp3) is 0.188. The number of hydrogen-bond acceptors (Lipinski definition) is 2. The smallest absolute Gasteiger partial charge is 0.167 e. The Morgan fingerprint density at radius 1 is 1.25 bits per heavy atom. The number of ketones is 1. The lowest BCUT2D eigenvalue weighted by Crippen LogP contribution is -2.05. The Hall–Kier alpha value is -1.68. The van der Waals surface area contributed by atoms with Gasteiger partial charge >= 0.3 is 0 Å². The van der Waals surface area contributed by atoms with Gasteiger partial charge in [0.15, 0.2) is 5.78 Å². The molecule has 104 valence electrons. The molecule has 0 radical (unpaired) electrons. The topological polar surface area (TPSA) is 26.3 Å². The van der Waals surface area contributed by atoms with Crippen LogP contribution < -0.4 is 4.74 Å². The third kappa shape index (κ3) is 3.25. The van der Waals surface area contributed by atoms with E-state index >= 15 is 0 Å². The van der Waals surface area contributed by atoms with E-state index in [-0.39, 0.29) is 18.0 Å². The minimum atomic E-state index is -0.350. The maximum Gasteiger partial charge on any atom is 0.167 e. The third-order valence-electron chi connectivity index (χ3n) is 3.09. The predicted octanol–water partition coefficient (Wildman–Crippen LogP) is 4.33. The Bertz CT molecular complexity index is 653. The highest BCUT2D eigenvalue weighted by atomic mass is 79.9. The minimum Gasteiger partial charge on any atom is -0.496 e. The molecular weight excluding hydrogens is 323 g/mol. The van der Waals surface area contributed by atoms with Gasteiger partial charge in [-0.1, -0.05) is 28.1 Å². The number of rotatable bonds is 4. The van der Waals surface area contributed by atoms with Crippen molar-refractivity contribution in [1.82, 2.24) is 0 Å². The normalized spacial score (nSPS) is 10.4. The van der Waals surface area contributed by atoms with Crippen LogP contribution in [0.15, 0.2) is 40.9 Å². The Morgan fingerprint density at radius 2 is 2.00 bits per heavy atom. The summed E-state index contributed by atoms with van der Waals surface area (Å²) in [5.41, 5.74) is 2.16. The van der Waals surface area contributed by atoms with Crippen LogP contribution in [0.1, 0.15) is 21.5 Å². The van der Waals surface area contributed by atoms with E-state index in [1.165, 1.54) is 12.1 Å². The van der Waals surface area contributed by atoms with E-state index in [1.54, 1.807) is 25.3 Å². The van der Waals surface area contributed by atoms with Crippen LogP contribution >= 0.6 is 15.9 Å². The molecule has 0 N–H and O–H groups in total. The fourth-order valence-electron chi connectivity index (χ4n) is 1.95. The Balaban J connectivity index is 2.26. The highest BCUT2D eigenvalue weighted by Gasteiger charge is 2.12. The third-order valence-corrected chi connectivity index (χ3v) is 3.86. The lowest BCUT2D eigenvalue weighted by atomic mass is 10.0. The van der Waals surface area contributed by atoms with Crippen molar-refractivity contribution >= 4 is 21.7 Å². The maximum atomic E-state index is 13.2. The molecule has 2 rings (SSSR count). The van der Waals surface area contributed by atoms with Crippen molar-refractivity contribution in [2.45, 2.75) is 13.3 Å². The second-order valence-corrected chi connectivity index (χ2v) is 5.37. The predicted molar refractivity (Wildman–Crippen MR) is 79.9 cm³/mol. The Morgan fingerprint density at radius 3 is 2.70 bits per heavy atom. The first-order valence-electron chi connectivity index (χ1n) is 6.13. The highest BCUT2D eigenvalue weighted by molar-refractivity contribution is 9.10. The summed E-state index contributed by atoms with van der Waals surface area (Å²) in [6, 6.07) is 9.64. The zero-order valence-corrected chi connectivity index (χ0v) is 12.8. The van der Waals surface area contributed by atoms with Crippen LogP contribution in [0.3, 0.4) is 0 Å². The fourth-order valence-corrected chi connectivity index (χ4v) is 2.33. The van der Waals surface area contributed by atoms with Gasteiger partial charge in [0.05, 0.1) is 7.11 Å². The average molecular weight is 337 g/mol. The summed E-state index contributed by atoms with van der Waals surface area (Å²) in [5.74, 6) is 0.251. The second-order valence-electron chi connectivity index (χ2n) is 4.52. The minimum absolute atomic E-state index is 0.0744. The zero-order chi connectivity index (χ0) is 14.7. The van der Waals surface area contributed by atoms with Crippen LogP contribution in [0.4, 0.5) is 4.39 Å². The van der Waals surface area contributed by atoms with Gasteiger partial charge in [-0.25, -0.2) is 4.39 Å². The first-order valence-corrected chi connectivity index (χ1v) is 6.92. The maximum absolute atomic E-state index is 13.2. The number of Topliss-reactive ketones (excluding diaryl/α,β-unsaturated/α-hetero) is 1. The number of ether oxygens (including phenoxy) is 1. The van der Waals surface area contributed by atoms with Gasteiger partial charge in [-0.15, -0.1) is 0 Å². The Kier molecular flexibility index (Phi) is 4.55. The van der Waals surface area contributed by atoms with E-state index in [4.69, 9.17) is 4.74 Å². The molecule has 0 amide bonds. The van der Waals surface area contributed by atoms with E-state index in [2.05, 4.69) is 15.9 Å². The molecule has 20 heavy (non-hydrogen) atoms. The summed E-state index contributed by atoms with van der Waals surface area (Å²) in [6.45, 7) is 1.91. The van der Waals surface area contributed by atoms with Gasteiger partial charge < -0.3 is 4.74 Å². The summed E-state index contributed by atoms with van der Waals surface area (Å²) >= 11 is 3.33. The number of halogens is 2. The number of carbonyl (C=O) groups is 1. The van der Waals surface area contributed by atoms with Gasteiger partial charge in [0.1, 0.15) is 11.6 Å². The van der Waals surface area contributed by atoms with Crippen molar-refractivity contribution in [2.75, 3.05) is 7.11 Å². The molecule has 0 heterocycles. The van der Waals surface area contributed by atoms with E-state index in [0.717, 1.165) is 10.0 Å². The van der Waals surface area contributed by atoms with Crippen molar-refractivity contribution in [2.24, 2.45) is 0 Å². The van der Waals surface area contributed by atoms with E-state index < -0.39 is 0 Å². The van der Waals surface area contributed by atoms with Gasteiger partial charge in [-0.2, -0.15) is 0 Å². The lowest BCUT2D eigenvalue weighted by Gasteiger charge is -2.08. The van der Waals surface area contributed by atoms with Crippen molar-refractivity contribution < 1.29 is 13.9 Å². The first-order chi connectivity index (χ1) is 9.51. The molecule has 0 atom stereocenters. The van der Waals surface area contributed by atoms with Crippen molar-refractivity contribution in [1.29, 1.82) is 0 Å². The standard InChI is InChI=1S/C16H14BrFO2/c1-10-3-4-11(9-16(10)20-2)15(19)8-12-7-13(18)5-6-14(12)17/h3-7,9H,8H2,1-2H3. The van der Waals surface area contributed by atoms with Crippen LogP contribution in [0.2, 0.25) is 0 Å². The highest BCUT2D eigenvalue weighted by Crippen LogP contribution is 2.23. The molecule has 2 aromatic carbocycles. The quantitative estimate of drug-likeness (QED) is 0.776. The SMILES string of the molecule is COc1cc(C(=O)Cc2cc(F)ccc2Br)ccc1C. The van der Waals surface area contributed by atoms with Crippen molar-refractivity contribution in [3.8, 4) is 5.75 Å². The summed E-state index contributed by atoms with van der Waals surface area (Å²) in [6.07, 6.45) is 0.143. The van der Waals surface area contributed by atoms with Gasteiger partial charge in [0.25, 0.3) is 0 Å². The molecule has 0 aliphatic carbocycles. The number of aryl methyl sites for hydroxylation is 1. The number of benzene rings is 2. The molecular formula is C16H14BrFO2. The lowest BCUT2D eigenvalue weighted by molar-refractivity contribution is 0.0992. The van der Waals surface area contributed by atoms with Crippen LogP contribution in [-0.4, -0.2) is 12.9 Å².